The predicted octanol–water partition coefficient (Wildman–Crippen LogP) is 3.58. The maximum Gasteiger partial charge on any atom is 0.410 e. The van der Waals surface area contributed by atoms with E-state index in [1.807, 2.05) is 45.6 Å². The van der Waals surface area contributed by atoms with Gasteiger partial charge in [-0.3, -0.25) is 4.79 Å². The second kappa shape index (κ2) is 8.85. The quantitative estimate of drug-likeness (QED) is 0.571. The third-order valence-corrected chi connectivity index (χ3v) is 7.18. The Balaban J connectivity index is 1.41. The number of nitrogens with zero attached hydrogens (tertiary/aromatic N) is 6. The lowest BCUT2D eigenvalue weighted by Crippen LogP contribution is -2.61. The molecule has 3 aliphatic heterocycles. The van der Waals surface area contributed by atoms with Crippen LogP contribution in [0, 0.1) is 5.82 Å². The highest BCUT2D eigenvalue weighted by Gasteiger charge is 2.38. The van der Waals surface area contributed by atoms with E-state index in [-0.39, 0.29) is 23.4 Å². The van der Waals surface area contributed by atoms with Gasteiger partial charge in [-0.25, -0.2) is 14.2 Å². The molecule has 0 aliphatic carbocycles. The van der Waals surface area contributed by atoms with Gasteiger partial charge in [-0.1, -0.05) is 6.07 Å². The zero-order valence-corrected chi connectivity index (χ0v) is 22.5. The molecule has 0 N–H and O–H groups in total. The van der Waals surface area contributed by atoms with E-state index in [9.17, 15) is 9.59 Å². The fourth-order valence-electron chi connectivity index (χ4n) is 5.58. The van der Waals surface area contributed by atoms with Gasteiger partial charge in [0.2, 0.25) is 11.9 Å². The average molecular weight is 511 g/mol. The first kappa shape index (κ1) is 25.2. The van der Waals surface area contributed by atoms with E-state index in [0.717, 1.165) is 11.1 Å². The molecule has 198 valence electrons. The summed E-state index contributed by atoms with van der Waals surface area (Å²) in [5, 5.41) is 0.401. The van der Waals surface area contributed by atoms with E-state index >= 15 is 4.39 Å². The van der Waals surface area contributed by atoms with Crippen LogP contribution >= 0.6 is 0 Å². The number of fused-ring (bicyclic) bond motifs is 1. The van der Waals surface area contributed by atoms with Gasteiger partial charge in [-0.05, 0) is 57.9 Å². The Morgan fingerprint density at radius 1 is 1.00 bits per heavy atom. The maximum atomic E-state index is 15.1. The third-order valence-electron chi connectivity index (χ3n) is 7.18. The minimum Gasteiger partial charge on any atom is -0.444 e. The Kier molecular flexibility index (Phi) is 6.03. The molecule has 0 radical (unpaired) electrons. The van der Waals surface area contributed by atoms with Crippen LogP contribution in [0.2, 0.25) is 0 Å². The molecule has 2 aromatic rings. The lowest BCUT2D eigenvalue weighted by Gasteiger charge is -2.46. The summed E-state index contributed by atoms with van der Waals surface area (Å²) in [4.78, 5) is 42.0. The molecule has 10 heteroatoms. The first-order valence-electron chi connectivity index (χ1n) is 12.7. The van der Waals surface area contributed by atoms with E-state index in [0.29, 0.717) is 68.5 Å². The molecule has 37 heavy (non-hydrogen) atoms. The molecule has 0 unspecified atom stereocenters. The standard InChI is InChI=1S/C27H35FN6O3/c1-17(35)34-11-10-31(16-27(34,5)6)24-29-21-9-7-8-20(28)22(21)23(30-24)32-12-18-14-33(15-19(18)13-32)25(36)37-26(2,3)4/h7-9H,10-16H2,1-6H3. The normalized spacial score (nSPS) is 19.6. The van der Waals surface area contributed by atoms with Crippen LogP contribution in [0.25, 0.3) is 10.9 Å². The Labute approximate surface area is 216 Å². The van der Waals surface area contributed by atoms with Crippen molar-refractivity contribution in [3.05, 3.63) is 35.2 Å². The van der Waals surface area contributed by atoms with Crippen molar-refractivity contribution in [3.63, 3.8) is 0 Å². The third kappa shape index (κ3) is 4.81. The van der Waals surface area contributed by atoms with Gasteiger partial charge < -0.3 is 24.3 Å². The van der Waals surface area contributed by atoms with Gasteiger partial charge in [0.15, 0.2) is 0 Å². The van der Waals surface area contributed by atoms with Crippen LogP contribution in [0.15, 0.2) is 29.3 Å². The van der Waals surface area contributed by atoms with Crippen molar-refractivity contribution >= 4 is 34.7 Å². The van der Waals surface area contributed by atoms with Gasteiger partial charge in [0.1, 0.15) is 17.2 Å². The molecule has 0 saturated carbocycles. The molecule has 0 bridgehead atoms. The van der Waals surface area contributed by atoms with Crippen molar-refractivity contribution in [1.29, 1.82) is 0 Å². The van der Waals surface area contributed by atoms with Crippen LogP contribution in [0.3, 0.4) is 0 Å². The monoisotopic (exact) mass is 510 g/mol. The van der Waals surface area contributed by atoms with Crippen LogP contribution < -0.4 is 9.80 Å². The molecule has 0 atom stereocenters. The second-order valence-electron chi connectivity index (χ2n) is 11.8. The first-order valence-corrected chi connectivity index (χ1v) is 12.7. The Morgan fingerprint density at radius 3 is 2.27 bits per heavy atom. The van der Waals surface area contributed by atoms with Gasteiger partial charge in [-0.15, -0.1) is 0 Å². The number of aromatic nitrogens is 2. The molecule has 9 nitrogen and oxygen atoms in total. The maximum absolute atomic E-state index is 15.1. The highest BCUT2D eigenvalue weighted by atomic mass is 19.1. The topological polar surface area (TPSA) is 82.1 Å². The molecule has 3 aliphatic rings. The molecule has 5 rings (SSSR count). The smallest absolute Gasteiger partial charge is 0.410 e. The van der Waals surface area contributed by atoms with Gasteiger partial charge in [-0.2, -0.15) is 4.98 Å². The molecular formula is C27H35FN6O3. The van der Waals surface area contributed by atoms with Crippen molar-refractivity contribution < 1.29 is 18.7 Å². The number of anilines is 2. The molecule has 1 aromatic heterocycles. The summed E-state index contributed by atoms with van der Waals surface area (Å²) in [5.41, 5.74) is 1.91. The summed E-state index contributed by atoms with van der Waals surface area (Å²) >= 11 is 0. The summed E-state index contributed by atoms with van der Waals surface area (Å²) in [6.45, 7) is 15.1. The van der Waals surface area contributed by atoms with E-state index in [2.05, 4.69) is 9.80 Å². The second-order valence-corrected chi connectivity index (χ2v) is 11.8. The highest BCUT2D eigenvalue weighted by molar-refractivity contribution is 5.92. The molecular weight excluding hydrogens is 475 g/mol. The predicted molar refractivity (Wildman–Crippen MR) is 140 cm³/mol. The number of halogens is 1. The molecule has 0 spiro atoms. The molecule has 4 heterocycles. The van der Waals surface area contributed by atoms with Gasteiger partial charge in [0.25, 0.3) is 0 Å². The van der Waals surface area contributed by atoms with Gasteiger partial charge >= 0.3 is 6.09 Å². The van der Waals surface area contributed by atoms with Crippen molar-refractivity contribution in [2.24, 2.45) is 0 Å². The minimum atomic E-state index is -0.547. The first-order chi connectivity index (χ1) is 17.3. The van der Waals surface area contributed by atoms with E-state index in [4.69, 9.17) is 14.7 Å². The Morgan fingerprint density at radius 2 is 1.68 bits per heavy atom. The van der Waals surface area contributed by atoms with Crippen molar-refractivity contribution in [3.8, 4) is 0 Å². The number of hydrogen-bond acceptors (Lipinski definition) is 7. The summed E-state index contributed by atoms with van der Waals surface area (Å²) in [6, 6.07) is 4.91. The van der Waals surface area contributed by atoms with Crippen LogP contribution in [0.4, 0.5) is 21.0 Å². The van der Waals surface area contributed by atoms with Crippen molar-refractivity contribution in [2.45, 2.75) is 52.7 Å². The van der Waals surface area contributed by atoms with Crippen LogP contribution in [-0.2, 0) is 9.53 Å². The lowest BCUT2D eigenvalue weighted by atomic mass is 9.99. The van der Waals surface area contributed by atoms with Gasteiger partial charge in [0.05, 0.1) is 16.4 Å². The fraction of sp³-hybridized carbons (Fsp3) is 0.556. The largest absolute Gasteiger partial charge is 0.444 e. The lowest BCUT2D eigenvalue weighted by molar-refractivity contribution is -0.134. The van der Waals surface area contributed by atoms with E-state index in [1.165, 1.54) is 6.07 Å². The number of benzene rings is 1. The number of hydrogen-bond donors (Lipinski definition) is 0. The van der Waals surface area contributed by atoms with E-state index in [1.54, 1.807) is 17.9 Å². The number of piperazine rings is 1. The summed E-state index contributed by atoms with van der Waals surface area (Å²) in [5.74, 6) is 0.781. The average Bonchev–Trinajstić information content (AvgIpc) is 3.36. The number of rotatable bonds is 2. The van der Waals surface area contributed by atoms with Crippen LogP contribution in [0.1, 0.15) is 41.5 Å². The number of ether oxygens (including phenoxy) is 1. The zero-order chi connectivity index (χ0) is 26.7. The zero-order valence-electron chi connectivity index (χ0n) is 22.5. The summed E-state index contributed by atoms with van der Waals surface area (Å²) in [7, 11) is 0. The van der Waals surface area contributed by atoms with Crippen molar-refractivity contribution in [2.75, 3.05) is 55.6 Å². The van der Waals surface area contributed by atoms with Gasteiger partial charge in [0, 0.05) is 52.7 Å². The van der Waals surface area contributed by atoms with Crippen LogP contribution in [-0.4, -0.2) is 88.7 Å². The Hall–Kier alpha value is -3.43. The molecule has 2 amide bonds. The molecule has 1 saturated heterocycles. The van der Waals surface area contributed by atoms with Crippen LogP contribution in [0.5, 0.6) is 0 Å². The van der Waals surface area contributed by atoms with Crippen molar-refractivity contribution in [1.82, 2.24) is 19.8 Å². The molecule has 1 fully saturated rings. The molecule has 1 aromatic carbocycles. The Bertz CT molecular complexity index is 1280. The highest BCUT2D eigenvalue weighted by Crippen LogP contribution is 2.36. The number of carbonyl (C=O) groups excluding carboxylic acids is 2. The number of amides is 2. The summed E-state index contributed by atoms with van der Waals surface area (Å²) < 4.78 is 20.6. The van der Waals surface area contributed by atoms with E-state index < -0.39 is 5.60 Å². The minimum absolute atomic E-state index is 0.0462. The number of carbonyl (C=O) groups is 2. The SMILES string of the molecule is CC(=O)N1CCN(c2nc(N3CC4=C(CN(C(=O)OC(C)(C)C)C4)C3)c3c(F)cccc3n2)CC1(C)C. The fourth-order valence-corrected chi connectivity index (χ4v) is 5.58. The summed E-state index contributed by atoms with van der Waals surface area (Å²) in [6.07, 6.45) is -0.318.